The van der Waals surface area contributed by atoms with Gasteiger partial charge >= 0.3 is 0 Å². The minimum Gasteiger partial charge on any atom is -0.307 e. The second-order valence-electron chi connectivity index (χ2n) is 3.92. The van der Waals surface area contributed by atoms with Crippen molar-refractivity contribution in [3.63, 3.8) is 0 Å². The molecule has 0 aliphatic heterocycles. The number of hydrogen-bond donors (Lipinski definition) is 1. The molecular weight excluding hydrogens is 243 g/mol. The molecule has 0 unspecified atom stereocenters. The first-order chi connectivity index (χ1) is 8.58. The van der Waals surface area contributed by atoms with E-state index >= 15 is 0 Å². The van der Waals surface area contributed by atoms with Crippen LogP contribution in [0.4, 0.5) is 13.2 Å². The number of benzene rings is 1. The summed E-state index contributed by atoms with van der Waals surface area (Å²) in [5, 5.41) is 6.99. The normalized spacial score (nSPS) is 10.9. The highest BCUT2D eigenvalue weighted by molar-refractivity contribution is 5.19. The molecule has 2 aromatic rings. The Morgan fingerprint density at radius 3 is 2.39 bits per heavy atom. The van der Waals surface area contributed by atoms with Crippen molar-refractivity contribution in [2.24, 2.45) is 7.05 Å². The molecule has 2 rings (SSSR count). The summed E-state index contributed by atoms with van der Waals surface area (Å²) < 4.78 is 40.3. The highest BCUT2D eigenvalue weighted by atomic mass is 19.2. The van der Waals surface area contributed by atoms with Gasteiger partial charge < -0.3 is 5.32 Å². The van der Waals surface area contributed by atoms with Gasteiger partial charge in [-0.1, -0.05) is 0 Å². The van der Waals surface area contributed by atoms with Gasteiger partial charge in [0.2, 0.25) is 0 Å². The molecule has 18 heavy (non-hydrogen) atoms. The van der Waals surface area contributed by atoms with E-state index in [-0.39, 0.29) is 6.54 Å². The summed E-state index contributed by atoms with van der Waals surface area (Å²) in [6, 6.07) is 3.79. The molecular formula is C12H12F3N3. The fourth-order valence-corrected chi connectivity index (χ4v) is 1.62. The van der Waals surface area contributed by atoms with E-state index in [2.05, 4.69) is 10.4 Å². The third-order valence-electron chi connectivity index (χ3n) is 2.60. The molecule has 0 aliphatic rings. The molecule has 96 valence electrons. The average molecular weight is 255 g/mol. The second kappa shape index (κ2) is 5.22. The van der Waals surface area contributed by atoms with Crippen LogP contribution in [0.2, 0.25) is 0 Å². The van der Waals surface area contributed by atoms with Crippen LogP contribution >= 0.6 is 0 Å². The summed E-state index contributed by atoms with van der Waals surface area (Å²) in [6.45, 7) is 0.760. The van der Waals surface area contributed by atoms with Gasteiger partial charge in [-0.05, 0) is 23.8 Å². The number of halogens is 3. The smallest absolute Gasteiger partial charge is 0.194 e. The zero-order valence-electron chi connectivity index (χ0n) is 9.75. The summed E-state index contributed by atoms with van der Waals surface area (Å²) in [4.78, 5) is 0. The van der Waals surface area contributed by atoms with Crippen LogP contribution in [-0.4, -0.2) is 9.78 Å². The van der Waals surface area contributed by atoms with Gasteiger partial charge in [0.05, 0.1) is 5.69 Å². The van der Waals surface area contributed by atoms with Crippen molar-refractivity contribution in [1.29, 1.82) is 0 Å². The van der Waals surface area contributed by atoms with Crippen molar-refractivity contribution in [3.05, 3.63) is 53.1 Å². The van der Waals surface area contributed by atoms with Crippen molar-refractivity contribution < 1.29 is 13.2 Å². The lowest BCUT2D eigenvalue weighted by Gasteiger charge is -2.06. The molecule has 1 heterocycles. The zero-order valence-corrected chi connectivity index (χ0v) is 9.75. The number of nitrogens with one attached hydrogen (secondary N) is 1. The van der Waals surface area contributed by atoms with Crippen molar-refractivity contribution in [2.75, 3.05) is 0 Å². The predicted octanol–water partition coefficient (Wildman–Crippen LogP) is 2.13. The van der Waals surface area contributed by atoms with Crippen LogP contribution in [0.1, 0.15) is 11.3 Å². The van der Waals surface area contributed by atoms with Crippen molar-refractivity contribution in [3.8, 4) is 0 Å². The van der Waals surface area contributed by atoms with Gasteiger partial charge in [-0.3, -0.25) is 4.68 Å². The first kappa shape index (κ1) is 12.6. The van der Waals surface area contributed by atoms with Crippen molar-refractivity contribution >= 4 is 0 Å². The van der Waals surface area contributed by atoms with E-state index in [1.807, 2.05) is 6.07 Å². The van der Waals surface area contributed by atoms with E-state index in [0.717, 1.165) is 17.8 Å². The molecule has 6 heteroatoms. The Bertz CT molecular complexity index is 528. The van der Waals surface area contributed by atoms with E-state index < -0.39 is 17.5 Å². The molecule has 0 saturated heterocycles. The molecule has 0 saturated carbocycles. The zero-order chi connectivity index (χ0) is 13.1. The summed E-state index contributed by atoms with van der Waals surface area (Å²) in [7, 11) is 1.80. The van der Waals surface area contributed by atoms with Gasteiger partial charge in [0.15, 0.2) is 17.5 Å². The highest BCUT2D eigenvalue weighted by Gasteiger charge is 2.10. The fourth-order valence-electron chi connectivity index (χ4n) is 1.62. The number of rotatable bonds is 4. The van der Waals surface area contributed by atoms with Crippen LogP contribution in [-0.2, 0) is 20.1 Å². The first-order valence-electron chi connectivity index (χ1n) is 5.39. The molecule has 0 radical (unpaired) electrons. The van der Waals surface area contributed by atoms with Gasteiger partial charge in [-0.25, -0.2) is 13.2 Å². The van der Waals surface area contributed by atoms with Crippen LogP contribution in [0.25, 0.3) is 0 Å². The minimum absolute atomic E-state index is 0.249. The Labute approximate surface area is 102 Å². The van der Waals surface area contributed by atoms with Crippen LogP contribution in [0.3, 0.4) is 0 Å². The van der Waals surface area contributed by atoms with Gasteiger partial charge in [-0.15, -0.1) is 0 Å². The summed E-state index contributed by atoms with van der Waals surface area (Å²) >= 11 is 0. The monoisotopic (exact) mass is 255 g/mol. The third-order valence-corrected chi connectivity index (χ3v) is 2.60. The van der Waals surface area contributed by atoms with E-state index in [9.17, 15) is 13.2 Å². The number of aromatic nitrogens is 2. The Morgan fingerprint density at radius 1 is 1.17 bits per heavy atom. The highest BCUT2D eigenvalue weighted by Crippen LogP contribution is 2.13. The molecule has 0 bridgehead atoms. The van der Waals surface area contributed by atoms with E-state index in [1.165, 1.54) is 0 Å². The van der Waals surface area contributed by atoms with E-state index in [4.69, 9.17) is 0 Å². The molecule has 0 amide bonds. The van der Waals surface area contributed by atoms with Crippen LogP contribution < -0.4 is 5.32 Å². The summed E-state index contributed by atoms with van der Waals surface area (Å²) in [5.74, 6) is -3.79. The van der Waals surface area contributed by atoms with Crippen molar-refractivity contribution in [2.45, 2.75) is 13.1 Å². The van der Waals surface area contributed by atoms with Crippen molar-refractivity contribution in [1.82, 2.24) is 15.1 Å². The van der Waals surface area contributed by atoms with Crippen LogP contribution in [0.15, 0.2) is 24.4 Å². The lowest BCUT2D eigenvalue weighted by Crippen LogP contribution is -2.15. The Kier molecular flexibility index (Phi) is 3.66. The van der Waals surface area contributed by atoms with Crippen LogP contribution in [0, 0.1) is 17.5 Å². The van der Waals surface area contributed by atoms with Gasteiger partial charge in [0.1, 0.15) is 0 Å². The summed E-state index contributed by atoms with van der Waals surface area (Å²) in [6.07, 6.45) is 1.66. The number of hydrogen-bond acceptors (Lipinski definition) is 2. The molecule has 1 aromatic heterocycles. The molecule has 0 fully saturated rings. The largest absolute Gasteiger partial charge is 0.307 e. The maximum atomic E-state index is 12.9. The predicted molar refractivity (Wildman–Crippen MR) is 60.1 cm³/mol. The summed E-state index contributed by atoms with van der Waals surface area (Å²) in [5.41, 5.74) is 1.30. The molecule has 1 aromatic carbocycles. The first-order valence-corrected chi connectivity index (χ1v) is 5.39. The molecule has 1 N–H and O–H groups in total. The van der Waals surface area contributed by atoms with E-state index in [1.54, 1.807) is 17.9 Å². The molecule has 0 atom stereocenters. The number of nitrogens with zero attached hydrogens (tertiary/aromatic N) is 2. The Hall–Kier alpha value is -1.82. The minimum atomic E-state index is -1.44. The van der Waals surface area contributed by atoms with Gasteiger partial charge in [0, 0.05) is 26.3 Å². The molecule has 0 spiro atoms. The maximum Gasteiger partial charge on any atom is 0.194 e. The lowest BCUT2D eigenvalue weighted by atomic mass is 10.2. The Morgan fingerprint density at radius 2 is 1.83 bits per heavy atom. The third kappa shape index (κ3) is 2.70. The maximum absolute atomic E-state index is 12.9. The standard InChI is InChI=1S/C12H12F3N3/c1-18-9(2-3-17-18)7-16-6-8-4-10(13)12(15)11(14)5-8/h2-5,16H,6-7H2,1H3. The lowest BCUT2D eigenvalue weighted by molar-refractivity contribution is 0.444. The fraction of sp³-hybridized carbons (Fsp3) is 0.250. The Balaban J connectivity index is 1.97. The molecule has 3 nitrogen and oxygen atoms in total. The quantitative estimate of drug-likeness (QED) is 0.848. The van der Waals surface area contributed by atoms with Gasteiger partial charge in [0.25, 0.3) is 0 Å². The van der Waals surface area contributed by atoms with Gasteiger partial charge in [-0.2, -0.15) is 5.10 Å². The average Bonchev–Trinajstić information content (AvgIpc) is 2.72. The number of aryl methyl sites for hydroxylation is 1. The van der Waals surface area contributed by atoms with E-state index in [0.29, 0.717) is 12.1 Å². The SMILES string of the molecule is Cn1nccc1CNCc1cc(F)c(F)c(F)c1. The second-order valence-corrected chi connectivity index (χ2v) is 3.92. The molecule has 0 aliphatic carbocycles. The topological polar surface area (TPSA) is 29.9 Å². The van der Waals surface area contributed by atoms with Crippen LogP contribution in [0.5, 0.6) is 0 Å².